The van der Waals surface area contributed by atoms with Gasteiger partial charge >= 0.3 is 0 Å². The fraction of sp³-hybridized carbons (Fsp3) is 0.471. The monoisotopic (exact) mass is 270 g/mol. The molecule has 0 unspecified atom stereocenters. The van der Waals surface area contributed by atoms with Crippen molar-refractivity contribution in [2.24, 2.45) is 0 Å². The number of likely N-dealkylation sites (N-methyl/N-ethyl adjacent to an activating group) is 1. The first-order chi connectivity index (χ1) is 9.61. The second-order valence-electron chi connectivity index (χ2n) is 5.76. The minimum absolute atomic E-state index is 0.475. The molecule has 1 aliphatic rings. The van der Waals surface area contributed by atoms with Crippen LogP contribution in [-0.4, -0.2) is 35.7 Å². The maximum atomic E-state index is 10.3. The third-order valence-electron chi connectivity index (χ3n) is 3.87. The van der Waals surface area contributed by atoms with E-state index < -0.39 is 5.60 Å². The first-order valence-corrected chi connectivity index (χ1v) is 7.19. The van der Waals surface area contributed by atoms with Crippen LogP contribution in [0.2, 0.25) is 0 Å². The van der Waals surface area contributed by atoms with E-state index in [9.17, 15) is 5.11 Å². The predicted octanol–water partition coefficient (Wildman–Crippen LogP) is 2.81. The van der Waals surface area contributed by atoms with E-state index in [-0.39, 0.29) is 0 Å². The van der Waals surface area contributed by atoms with E-state index in [1.54, 1.807) is 0 Å². The molecule has 0 saturated heterocycles. The second-order valence-corrected chi connectivity index (χ2v) is 5.76. The van der Waals surface area contributed by atoms with Gasteiger partial charge in [0.2, 0.25) is 0 Å². The van der Waals surface area contributed by atoms with Gasteiger partial charge in [0.25, 0.3) is 0 Å². The molecule has 1 N–H and O–H groups in total. The summed E-state index contributed by atoms with van der Waals surface area (Å²) in [5, 5.41) is 19.1. The molecule has 0 radical (unpaired) electrons. The summed E-state index contributed by atoms with van der Waals surface area (Å²) in [5.74, 6) is 0. The summed E-state index contributed by atoms with van der Waals surface area (Å²) >= 11 is 0. The summed E-state index contributed by atoms with van der Waals surface area (Å²) in [6.45, 7) is 1.56. The maximum Gasteiger partial charge on any atom is 0.0991 e. The summed E-state index contributed by atoms with van der Waals surface area (Å²) in [6.07, 6.45) is 8.29. The highest BCUT2D eigenvalue weighted by Crippen LogP contribution is 2.29. The van der Waals surface area contributed by atoms with Gasteiger partial charge in [-0.2, -0.15) is 5.26 Å². The predicted molar refractivity (Wildman–Crippen MR) is 81.1 cm³/mol. The highest BCUT2D eigenvalue weighted by molar-refractivity contribution is 5.51. The van der Waals surface area contributed by atoms with Gasteiger partial charge in [0.15, 0.2) is 0 Å². The van der Waals surface area contributed by atoms with Gasteiger partial charge in [-0.15, -0.1) is 0 Å². The third kappa shape index (κ3) is 4.19. The number of hydrogen-bond donors (Lipinski definition) is 1. The molecule has 3 heteroatoms. The van der Waals surface area contributed by atoms with E-state index in [1.807, 2.05) is 31.3 Å². The van der Waals surface area contributed by atoms with Gasteiger partial charge in [-0.05, 0) is 37.6 Å². The van der Waals surface area contributed by atoms with Crippen LogP contribution in [0.3, 0.4) is 0 Å². The van der Waals surface area contributed by atoms with Crippen LogP contribution in [0.1, 0.15) is 36.8 Å². The Kier molecular flexibility index (Phi) is 4.94. The Bertz CT molecular complexity index is 493. The average molecular weight is 270 g/mol. The van der Waals surface area contributed by atoms with Crippen molar-refractivity contribution in [3.63, 3.8) is 0 Å². The van der Waals surface area contributed by atoms with E-state index in [2.05, 4.69) is 23.1 Å². The Balaban J connectivity index is 1.81. The van der Waals surface area contributed by atoms with Crippen LogP contribution in [0, 0.1) is 11.3 Å². The lowest BCUT2D eigenvalue weighted by atomic mass is 10.0. The van der Waals surface area contributed by atoms with Crippen molar-refractivity contribution in [1.82, 2.24) is 4.90 Å². The standard InChI is InChI=1S/C17H22N2O/c1-19(14-17(20)10-2-3-11-17)12-4-5-15-6-8-16(13-18)9-7-15/h4-9,20H,2-3,10-12,14H2,1H3/b5-4+. The Labute approximate surface area is 121 Å². The van der Waals surface area contributed by atoms with Crippen LogP contribution in [0.4, 0.5) is 0 Å². The molecular weight excluding hydrogens is 248 g/mol. The molecule has 1 saturated carbocycles. The van der Waals surface area contributed by atoms with Crippen molar-refractivity contribution in [2.45, 2.75) is 31.3 Å². The number of hydrogen-bond acceptors (Lipinski definition) is 3. The Morgan fingerprint density at radius 1 is 1.30 bits per heavy atom. The van der Waals surface area contributed by atoms with Crippen LogP contribution < -0.4 is 0 Å². The van der Waals surface area contributed by atoms with Crippen LogP contribution in [0.5, 0.6) is 0 Å². The molecule has 2 rings (SSSR count). The quantitative estimate of drug-likeness (QED) is 0.895. The van der Waals surface area contributed by atoms with Crippen molar-refractivity contribution in [3.8, 4) is 6.07 Å². The highest BCUT2D eigenvalue weighted by Gasteiger charge is 2.31. The molecular formula is C17H22N2O. The van der Waals surface area contributed by atoms with Gasteiger partial charge in [0.1, 0.15) is 0 Å². The number of aliphatic hydroxyl groups is 1. The summed E-state index contributed by atoms with van der Waals surface area (Å²) in [7, 11) is 2.04. The zero-order valence-corrected chi connectivity index (χ0v) is 12.0. The molecule has 20 heavy (non-hydrogen) atoms. The first-order valence-electron chi connectivity index (χ1n) is 7.19. The van der Waals surface area contributed by atoms with Gasteiger partial charge < -0.3 is 5.11 Å². The van der Waals surface area contributed by atoms with E-state index in [4.69, 9.17) is 5.26 Å². The van der Waals surface area contributed by atoms with Gasteiger partial charge in [-0.25, -0.2) is 0 Å². The number of nitriles is 1. The molecule has 1 aliphatic carbocycles. The second kappa shape index (κ2) is 6.69. The lowest BCUT2D eigenvalue weighted by Crippen LogP contribution is -2.39. The minimum Gasteiger partial charge on any atom is -0.389 e. The van der Waals surface area contributed by atoms with Crippen molar-refractivity contribution in [3.05, 3.63) is 41.5 Å². The largest absolute Gasteiger partial charge is 0.389 e. The topological polar surface area (TPSA) is 47.3 Å². The molecule has 1 aromatic rings. The molecule has 0 aliphatic heterocycles. The zero-order chi connectivity index (χ0) is 14.4. The molecule has 0 atom stereocenters. The van der Waals surface area contributed by atoms with Gasteiger partial charge in [0, 0.05) is 13.1 Å². The van der Waals surface area contributed by atoms with Gasteiger partial charge in [0.05, 0.1) is 17.2 Å². The van der Waals surface area contributed by atoms with Crippen LogP contribution in [0.15, 0.2) is 30.3 Å². The molecule has 0 bridgehead atoms. The minimum atomic E-state index is -0.475. The van der Waals surface area contributed by atoms with Crippen molar-refractivity contribution >= 4 is 6.08 Å². The first kappa shape index (κ1) is 14.8. The molecule has 1 fully saturated rings. The van der Waals surface area contributed by atoms with Crippen LogP contribution in [0.25, 0.3) is 6.08 Å². The summed E-state index contributed by atoms with van der Waals surface area (Å²) in [5.41, 5.74) is 1.30. The number of rotatable bonds is 5. The molecule has 0 heterocycles. The molecule has 1 aromatic carbocycles. The zero-order valence-electron chi connectivity index (χ0n) is 12.0. The van der Waals surface area contributed by atoms with Crippen molar-refractivity contribution in [2.75, 3.05) is 20.1 Å². The molecule has 106 valence electrons. The third-order valence-corrected chi connectivity index (χ3v) is 3.87. The Morgan fingerprint density at radius 3 is 2.55 bits per heavy atom. The summed E-state index contributed by atoms with van der Waals surface area (Å²) in [6, 6.07) is 9.65. The number of nitrogens with zero attached hydrogens (tertiary/aromatic N) is 2. The lowest BCUT2D eigenvalue weighted by molar-refractivity contribution is 0.0192. The SMILES string of the molecule is CN(C/C=C/c1ccc(C#N)cc1)CC1(O)CCCC1. The molecule has 0 amide bonds. The molecule has 0 spiro atoms. The molecule has 0 aromatic heterocycles. The Morgan fingerprint density at radius 2 is 1.95 bits per heavy atom. The summed E-state index contributed by atoms with van der Waals surface area (Å²) in [4.78, 5) is 2.16. The van der Waals surface area contributed by atoms with Gasteiger partial charge in [-0.3, -0.25) is 4.90 Å². The normalized spacial score (nSPS) is 17.7. The number of benzene rings is 1. The van der Waals surface area contributed by atoms with E-state index in [1.165, 1.54) is 0 Å². The van der Waals surface area contributed by atoms with Gasteiger partial charge in [-0.1, -0.05) is 37.1 Å². The lowest BCUT2D eigenvalue weighted by Gasteiger charge is -2.27. The van der Waals surface area contributed by atoms with Crippen LogP contribution in [-0.2, 0) is 0 Å². The van der Waals surface area contributed by atoms with E-state index in [0.29, 0.717) is 5.56 Å². The fourth-order valence-corrected chi connectivity index (χ4v) is 2.80. The van der Waals surface area contributed by atoms with E-state index >= 15 is 0 Å². The average Bonchev–Trinajstić information content (AvgIpc) is 2.86. The van der Waals surface area contributed by atoms with Crippen molar-refractivity contribution < 1.29 is 5.11 Å². The van der Waals surface area contributed by atoms with Crippen molar-refractivity contribution in [1.29, 1.82) is 5.26 Å². The highest BCUT2D eigenvalue weighted by atomic mass is 16.3. The fourth-order valence-electron chi connectivity index (χ4n) is 2.80. The van der Waals surface area contributed by atoms with E-state index in [0.717, 1.165) is 44.3 Å². The van der Waals surface area contributed by atoms with Crippen LogP contribution >= 0.6 is 0 Å². The maximum absolute atomic E-state index is 10.3. The summed E-state index contributed by atoms with van der Waals surface area (Å²) < 4.78 is 0. The Hall–Kier alpha value is -1.63. The molecule has 3 nitrogen and oxygen atoms in total. The smallest absolute Gasteiger partial charge is 0.0991 e.